The van der Waals surface area contributed by atoms with Crippen LogP contribution in [0.25, 0.3) is 16.9 Å². The van der Waals surface area contributed by atoms with E-state index in [9.17, 15) is 4.79 Å². The molecule has 29 heavy (non-hydrogen) atoms. The third-order valence-corrected chi connectivity index (χ3v) is 4.78. The minimum Gasteiger partial charge on any atom is -0.351 e. The fraction of sp³-hybridized carbons (Fsp3) is 0.333. The van der Waals surface area contributed by atoms with Gasteiger partial charge >= 0.3 is 0 Å². The van der Waals surface area contributed by atoms with Crippen molar-refractivity contribution in [1.82, 2.24) is 20.0 Å². The van der Waals surface area contributed by atoms with Crippen molar-refractivity contribution >= 4 is 5.91 Å². The highest BCUT2D eigenvalue weighted by atomic mass is 16.1. The molecule has 5 heteroatoms. The number of nitrogens with zero attached hydrogens (tertiary/aromatic N) is 3. The highest BCUT2D eigenvalue weighted by Gasteiger charge is 2.23. The van der Waals surface area contributed by atoms with Crippen molar-refractivity contribution in [2.24, 2.45) is 5.41 Å². The van der Waals surface area contributed by atoms with Gasteiger partial charge in [-0.3, -0.25) is 4.79 Å². The zero-order valence-corrected chi connectivity index (χ0v) is 17.9. The van der Waals surface area contributed by atoms with Gasteiger partial charge in [-0.2, -0.15) is 5.10 Å². The molecular weight excluding hydrogens is 360 g/mol. The zero-order chi connectivity index (χ0) is 21.0. The third kappa shape index (κ3) is 5.33. The van der Waals surface area contributed by atoms with Crippen molar-refractivity contribution in [1.29, 1.82) is 0 Å². The number of aromatic nitrogens is 2. The highest BCUT2D eigenvalue weighted by molar-refractivity contribution is 5.99. The highest BCUT2D eigenvalue weighted by Crippen LogP contribution is 2.24. The monoisotopic (exact) mass is 390 g/mol. The summed E-state index contributed by atoms with van der Waals surface area (Å²) in [5, 5.41) is 7.85. The molecule has 0 fully saturated rings. The summed E-state index contributed by atoms with van der Waals surface area (Å²) in [7, 11) is 4.09. The van der Waals surface area contributed by atoms with Crippen LogP contribution in [0.5, 0.6) is 0 Å². The number of carbonyl (C=O) groups is 1. The van der Waals surface area contributed by atoms with Gasteiger partial charge in [-0.15, -0.1) is 0 Å². The molecule has 0 saturated carbocycles. The van der Waals surface area contributed by atoms with Gasteiger partial charge in [0.15, 0.2) is 0 Å². The molecule has 0 aliphatic rings. The Labute approximate surface area is 173 Å². The summed E-state index contributed by atoms with van der Waals surface area (Å²) in [6.45, 7) is 7.84. The van der Waals surface area contributed by atoms with Crippen LogP contribution < -0.4 is 5.32 Å². The number of amides is 1. The predicted molar refractivity (Wildman–Crippen MR) is 118 cm³/mol. The molecular formula is C24H30N4O. The molecule has 1 aromatic heterocycles. The lowest BCUT2D eigenvalue weighted by atomic mass is 9.93. The van der Waals surface area contributed by atoms with Gasteiger partial charge in [0.05, 0.1) is 11.3 Å². The van der Waals surface area contributed by atoms with Crippen LogP contribution in [0.3, 0.4) is 0 Å². The predicted octanol–water partition coefficient (Wildman–Crippen LogP) is 4.17. The molecule has 1 amide bonds. The van der Waals surface area contributed by atoms with E-state index in [0.717, 1.165) is 17.8 Å². The SMILES string of the molecule is Cc1ccc(-n2cc(C(=O)NCC(C)(C)CN(C)C)c(-c3ccccc3)n2)cc1. The molecule has 0 unspecified atom stereocenters. The van der Waals surface area contributed by atoms with Crippen LogP contribution in [-0.4, -0.2) is 47.8 Å². The fourth-order valence-electron chi connectivity index (χ4n) is 3.51. The maximum atomic E-state index is 13.1. The summed E-state index contributed by atoms with van der Waals surface area (Å²) in [5.74, 6) is -0.103. The molecule has 3 rings (SSSR count). The molecule has 0 atom stereocenters. The van der Waals surface area contributed by atoms with Crippen molar-refractivity contribution in [3.8, 4) is 16.9 Å². The zero-order valence-electron chi connectivity index (χ0n) is 17.9. The third-order valence-electron chi connectivity index (χ3n) is 4.78. The maximum Gasteiger partial charge on any atom is 0.255 e. The van der Waals surface area contributed by atoms with Gasteiger partial charge in [0.25, 0.3) is 5.91 Å². The molecule has 5 nitrogen and oxygen atoms in total. The second-order valence-electron chi connectivity index (χ2n) is 8.62. The van der Waals surface area contributed by atoms with Gasteiger partial charge < -0.3 is 10.2 Å². The first-order chi connectivity index (χ1) is 13.7. The Hall–Kier alpha value is -2.92. The van der Waals surface area contributed by atoms with Crippen LogP contribution in [0.4, 0.5) is 0 Å². The topological polar surface area (TPSA) is 50.2 Å². The molecule has 0 bridgehead atoms. The van der Waals surface area contributed by atoms with Crippen LogP contribution in [-0.2, 0) is 0 Å². The lowest BCUT2D eigenvalue weighted by Crippen LogP contribution is -2.40. The first kappa shape index (κ1) is 20.8. The molecule has 152 valence electrons. The smallest absolute Gasteiger partial charge is 0.255 e. The molecule has 0 aliphatic heterocycles. The number of benzene rings is 2. The van der Waals surface area contributed by atoms with Crippen molar-refractivity contribution in [3.63, 3.8) is 0 Å². The van der Waals surface area contributed by atoms with E-state index in [-0.39, 0.29) is 11.3 Å². The largest absolute Gasteiger partial charge is 0.351 e. The minimum absolute atomic E-state index is 0.0287. The van der Waals surface area contributed by atoms with Crippen LogP contribution in [0.2, 0.25) is 0 Å². The van der Waals surface area contributed by atoms with Crippen molar-refractivity contribution in [3.05, 3.63) is 71.9 Å². The maximum absolute atomic E-state index is 13.1. The second kappa shape index (κ2) is 8.62. The number of rotatable bonds is 7. The van der Waals surface area contributed by atoms with Crippen LogP contribution in [0.15, 0.2) is 60.8 Å². The standard InChI is InChI=1S/C24H30N4O/c1-18-11-13-20(14-12-18)28-15-21(22(26-28)19-9-7-6-8-10-19)23(29)25-16-24(2,3)17-27(4)5/h6-15H,16-17H2,1-5H3,(H,25,29). The molecule has 0 aliphatic carbocycles. The Kier molecular flexibility index (Phi) is 6.18. The molecule has 0 spiro atoms. The van der Waals surface area contributed by atoms with E-state index in [1.165, 1.54) is 5.56 Å². The van der Waals surface area contributed by atoms with E-state index in [2.05, 4.69) is 31.0 Å². The summed E-state index contributed by atoms with van der Waals surface area (Å²) in [4.78, 5) is 15.2. The number of hydrogen-bond donors (Lipinski definition) is 1. The summed E-state index contributed by atoms with van der Waals surface area (Å²) in [5.41, 5.74) is 4.28. The van der Waals surface area contributed by atoms with Gasteiger partial charge in [-0.05, 0) is 38.6 Å². The second-order valence-corrected chi connectivity index (χ2v) is 8.62. The quantitative estimate of drug-likeness (QED) is 0.659. The number of carbonyl (C=O) groups excluding carboxylic acids is 1. The Balaban J connectivity index is 1.91. The Morgan fingerprint density at radius 1 is 1.07 bits per heavy atom. The van der Waals surface area contributed by atoms with Gasteiger partial charge in [-0.1, -0.05) is 61.9 Å². The number of aryl methyl sites for hydroxylation is 1. The van der Waals surface area contributed by atoms with E-state index < -0.39 is 0 Å². The van der Waals surface area contributed by atoms with E-state index in [1.807, 2.05) is 74.9 Å². The van der Waals surface area contributed by atoms with Crippen molar-refractivity contribution in [2.75, 3.05) is 27.2 Å². The van der Waals surface area contributed by atoms with E-state index in [0.29, 0.717) is 17.8 Å². The van der Waals surface area contributed by atoms with Gasteiger partial charge in [0.1, 0.15) is 5.69 Å². The van der Waals surface area contributed by atoms with Crippen LogP contribution in [0, 0.1) is 12.3 Å². The lowest BCUT2D eigenvalue weighted by Gasteiger charge is -2.28. The number of hydrogen-bond acceptors (Lipinski definition) is 3. The Bertz CT molecular complexity index is 956. The average Bonchev–Trinajstić information content (AvgIpc) is 3.12. The summed E-state index contributed by atoms with van der Waals surface area (Å²) >= 11 is 0. The molecule has 0 saturated heterocycles. The molecule has 1 heterocycles. The molecule has 0 radical (unpaired) electrons. The minimum atomic E-state index is -0.103. The summed E-state index contributed by atoms with van der Waals surface area (Å²) in [6, 6.07) is 18.0. The van der Waals surface area contributed by atoms with Gasteiger partial charge in [-0.25, -0.2) is 4.68 Å². The fourth-order valence-corrected chi connectivity index (χ4v) is 3.51. The Morgan fingerprint density at radius 3 is 2.34 bits per heavy atom. The normalized spacial score (nSPS) is 11.7. The molecule has 2 aromatic carbocycles. The number of nitrogens with one attached hydrogen (secondary N) is 1. The van der Waals surface area contributed by atoms with Gasteiger partial charge in [0.2, 0.25) is 0 Å². The van der Waals surface area contributed by atoms with E-state index in [4.69, 9.17) is 5.10 Å². The van der Waals surface area contributed by atoms with Crippen LogP contribution >= 0.6 is 0 Å². The molecule has 3 aromatic rings. The van der Waals surface area contributed by atoms with Crippen molar-refractivity contribution in [2.45, 2.75) is 20.8 Å². The Morgan fingerprint density at radius 2 is 1.72 bits per heavy atom. The first-order valence-electron chi connectivity index (χ1n) is 9.90. The summed E-state index contributed by atoms with van der Waals surface area (Å²) in [6.07, 6.45) is 1.82. The summed E-state index contributed by atoms with van der Waals surface area (Å²) < 4.78 is 1.78. The first-order valence-corrected chi connectivity index (χ1v) is 9.90. The van der Waals surface area contributed by atoms with Crippen LogP contribution in [0.1, 0.15) is 29.8 Å². The lowest BCUT2D eigenvalue weighted by molar-refractivity contribution is 0.0930. The van der Waals surface area contributed by atoms with E-state index >= 15 is 0 Å². The van der Waals surface area contributed by atoms with E-state index in [1.54, 1.807) is 4.68 Å². The van der Waals surface area contributed by atoms with Gasteiger partial charge in [0, 0.05) is 24.8 Å². The van der Waals surface area contributed by atoms with Crippen molar-refractivity contribution < 1.29 is 4.79 Å². The average molecular weight is 391 g/mol. The molecule has 1 N–H and O–H groups in total.